The molecular weight excluding hydrogens is 462 g/mol. The van der Waals surface area contributed by atoms with Gasteiger partial charge >= 0.3 is 12.4 Å². The van der Waals surface area contributed by atoms with E-state index in [9.17, 15) is 26.3 Å². The molecule has 3 rings (SSSR count). The number of benzene rings is 2. The molecule has 1 aliphatic rings. The molecule has 0 radical (unpaired) electrons. The highest BCUT2D eigenvalue weighted by atomic mass is 19.4. The maximum absolute atomic E-state index is 14.3. The van der Waals surface area contributed by atoms with Gasteiger partial charge in [0.15, 0.2) is 0 Å². The molecule has 0 N–H and O–H groups in total. The Balaban J connectivity index is 2.00. The molecule has 1 saturated carbocycles. The van der Waals surface area contributed by atoms with E-state index in [1.54, 1.807) is 0 Å². The number of hydrogen-bond donors (Lipinski definition) is 0. The van der Waals surface area contributed by atoms with Crippen molar-refractivity contribution in [1.29, 1.82) is 0 Å². The molecule has 0 heterocycles. The van der Waals surface area contributed by atoms with Crippen LogP contribution in [-0.2, 0) is 25.2 Å². The van der Waals surface area contributed by atoms with E-state index in [4.69, 9.17) is 0 Å². The van der Waals surface area contributed by atoms with Crippen molar-refractivity contribution in [1.82, 2.24) is 0 Å². The maximum Gasteiger partial charge on any atom is 0.417 e. The van der Waals surface area contributed by atoms with Gasteiger partial charge in [-0.2, -0.15) is 26.3 Å². The van der Waals surface area contributed by atoms with Gasteiger partial charge in [0.25, 0.3) is 0 Å². The minimum Gasteiger partial charge on any atom is -0.166 e. The summed E-state index contributed by atoms with van der Waals surface area (Å²) < 4.78 is 85.5. The van der Waals surface area contributed by atoms with Gasteiger partial charge < -0.3 is 0 Å². The number of hydrogen-bond acceptors (Lipinski definition) is 0. The average Bonchev–Trinajstić information content (AvgIpc) is 2.77. The van der Waals surface area contributed by atoms with Gasteiger partial charge in [-0.25, -0.2) is 0 Å². The molecule has 194 valence electrons. The highest BCUT2D eigenvalue weighted by Crippen LogP contribution is 2.49. The molecule has 0 saturated heterocycles. The molecule has 0 aromatic heterocycles. The summed E-state index contributed by atoms with van der Waals surface area (Å²) in [5, 5.41) is 0. The molecule has 1 aliphatic carbocycles. The minimum absolute atomic E-state index is 0.0877. The summed E-state index contributed by atoms with van der Waals surface area (Å²) in [7, 11) is 0. The van der Waals surface area contributed by atoms with Crippen molar-refractivity contribution in [2.24, 2.45) is 5.92 Å². The van der Waals surface area contributed by atoms with E-state index in [0.717, 1.165) is 36.8 Å². The normalized spacial score (nSPS) is 20.2. The summed E-state index contributed by atoms with van der Waals surface area (Å²) in [6.45, 7) is 7.80. The molecule has 0 aliphatic heterocycles. The van der Waals surface area contributed by atoms with Gasteiger partial charge in [-0.05, 0) is 84.6 Å². The third kappa shape index (κ3) is 6.62. The fourth-order valence-corrected chi connectivity index (χ4v) is 5.60. The van der Waals surface area contributed by atoms with Gasteiger partial charge in [0.2, 0.25) is 0 Å². The Bertz CT molecular complexity index is 976. The molecule has 0 spiro atoms. The van der Waals surface area contributed by atoms with E-state index in [2.05, 4.69) is 13.8 Å². The molecule has 0 bridgehead atoms. The number of aryl methyl sites for hydroxylation is 2. The zero-order valence-electron chi connectivity index (χ0n) is 21.0. The molecule has 1 atom stereocenters. The summed E-state index contributed by atoms with van der Waals surface area (Å²) in [5.74, 6) is 0.284. The fourth-order valence-electron chi connectivity index (χ4n) is 5.60. The van der Waals surface area contributed by atoms with Crippen LogP contribution in [0.4, 0.5) is 26.3 Å². The van der Waals surface area contributed by atoms with Crippen LogP contribution in [0.25, 0.3) is 0 Å². The smallest absolute Gasteiger partial charge is 0.166 e. The molecule has 2 aromatic rings. The van der Waals surface area contributed by atoms with Crippen molar-refractivity contribution in [3.8, 4) is 0 Å². The summed E-state index contributed by atoms with van der Waals surface area (Å²) in [6.07, 6.45) is -5.44. The third-order valence-corrected chi connectivity index (χ3v) is 7.65. The van der Waals surface area contributed by atoms with Crippen LogP contribution in [0.1, 0.15) is 110 Å². The molecule has 2 aromatic carbocycles. The van der Waals surface area contributed by atoms with Crippen LogP contribution in [0.2, 0.25) is 0 Å². The Morgan fingerprint density at radius 1 is 0.857 bits per heavy atom. The van der Waals surface area contributed by atoms with Crippen LogP contribution in [0.5, 0.6) is 0 Å². The lowest BCUT2D eigenvalue weighted by molar-refractivity contribution is -0.163. The summed E-state index contributed by atoms with van der Waals surface area (Å²) >= 11 is 0. The van der Waals surface area contributed by atoms with Crippen molar-refractivity contribution in [2.45, 2.75) is 103 Å². The predicted octanol–water partition coefficient (Wildman–Crippen LogP) is 10.0. The van der Waals surface area contributed by atoms with Gasteiger partial charge in [-0.3, -0.25) is 0 Å². The SMILES string of the molecule is CCCC(C)c1ccc(CCc2c(C)cc(C3CCC(C)CC3)c(C(F)(F)F)c2C(F)(F)F)cc1. The quantitative estimate of drug-likeness (QED) is 0.333. The Hall–Kier alpha value is -1.98. The lowest BCUT2D eigenvalue weighted by Crippen LogP contribution is -2.25. The second kappa shape index (κ2) is 11.0. The number of alkyl halides is 6. The Morgan fingerprint density at radius 3 is 1.94 bits per heavy atom. The van der Waals surface area contributed by atoms with Crippen molar-refractivity contribution in [3.63, 3.8) is 0 Å². The number of rotatable bonds is 7. The number of halogens is 6. The topological polar surface area (TPSA) is 0 Å². The van der Waals surface area contributed by atoms with E-state index in [-0.39, 0.29) is 24.0 Å². The first-order valence-corrected chi connectivity index (χ1v) is 12.7. The van der Waals surface area contributed by atoms with E-state index in [1.807, 2.05) is 31.2 Å². The summed E-state index contributed by atoms with van der Waals surface area (Å²) in [6, 6.07) is 9.10. The first-order chi connectivity index (χ1) is 16.3. The third-order valence-electron chi connectivity index (χ3n) is 7.65. The second-order valence-corrected chi connectivity index (χ2v) is 10.4. The van der Waals surface area contributed by atoms with Crippen LogP contribution in [0, 0.1) is 12.8 Å². The molecule has 1 fully saturated rings. The summed E-state index contributed by atoms with van der Waals surface area (Å²) in [5.41, 5.74) is -1.07. The van der Waals surface area contributed by atoms with Crippen molar-refractivity contribution in [2.75, 3.05) is 0 Å². The highest BCUT2D eigenvalue weighted by Gasteiger charge is 2.48. The average molecular weight is 499 g/mol. The highest BCUT2D eigenvalue weighted by molar-refractivity contribution is 5.51. The van der Waals surface area contributed by atoms with Crippen molar-refractivity contribution >= 4 is 0 Å². The summed E-state index contributed by atoms with van der Waals surface area (Å²) in [4.78, 5) is 0. The van der Waals surface area contributed by atoms with Gasteiger partial charge in [0, 0.05) is 0 Å². The van der Waals surface area contributed by atoms with Gasteiger partial charge in [0.1, 0.15) is 0 Å². The monoisotopic (exact) mass is 498 g/mol. The van der Waals surface area contributed by atoms with Crippen LogP contribution in [-0.4, -0.2) is 0 Å². The van der Waals surface area contributed by atoms with Crippen molar-refractivity contribution in [3.05, 3.63) is 69.3 Å². The van der Waals surface area contributed by atoms with E-state index in [1.165, 1.54) is 13.0 Å². The van der Waals surface area contributed by atoms with Gasteiger partial charge in [-0.1, -0.05) is 70.4 Å². The standard InChI is InChI=1S/C29H36F6/c1-5-6-19(3)22-14-9-21(10-15-22)11-16-24-20(4)17-25(23-12-7-18(2)8-13-23)27(29(33,34)35)26(24)28(30,31)32/h9-10,14-15,17-19,23H,5-8,11-13,16H2,1-4H3. The van der Waals surface area contributed by atoms with Gasteiger partial charge in [0.05, 0.1) is 11.1 Å². The van der Waals surface area contributed by atoms with E-state index in [0.29, 0.717) is 30.2 Å². The lowest BCUT2D eigenvalue weighted by atomic mass is 9.75. The lowest BCUT2D eigenvalue weighted by Gasteiger charge is -2.31. The molecule has 35 heavy (non-hydrogen) atoms. The van der Waals surface area contributed by atoms with Crippen LogP contribution >= 0.6 is 0 Å². The van der Waals surface area contributed by atoms with Crippen LogP contribution < -0.4 is 0 Å². The molecule has 6 heteroatoms. The van der Waals surface area contributed by atoms with Crippen LogP contribution in [0.15, 0.2) is 30.3 Å². The first-order valence-electron chi connectivity index (χ1n) is 12.7. The minimum atomic E-state index is -5.08. The van der Waals surface area contributed by atoms with Gasteiger partial charge in [-0.15, -0.1) is 0 Å². The van der Waals surface area contributed by atoms with E-state index < -0.39 is 29.4 Å². The van der Waals surface area contributed by atoms with Crippen LogP contribution in [0.3, 0.4) is 0 Å². The molecule has 0 nitrogen and oxygen atoms in total. The van der Waals surface area contributed by atoms with E-state index >= 15 is 0 Å². The largest absolute Gasteiger partial charge is 0.417 e. The molecular formula is C29H36F6. The molecule has 0 amide bonds. The maximum atomic E-state index is 14.3. The Kier molecular flexibility index (Phi) is 8.64. The van der Waals surface area contributed by atoms with Crippen molar-refractivity contribution < 1.29 is 26.3 Å². The second-order valence-electron chi connectivity index (χ2n) is 10.4. The zero-order valence-corrected chi connectivity index (χ0v) is 21.0. The Morgan fingerprint density at radius 2 is 1.43 bits per heavy atom. The zero-order chi connectivity index (χ0) is 26.0. The predicted molar refractivity (Wildman–Crippen MR) is 129 cm³/mol. The molecule has 1 unspecified atom stereocenters. The Labute approximate surface area is 205 Å². The fraction of sp³-hybridized carbons (Fsp3) is 0.586. The first kappa shape index (κ1) is 27.6.